The molecule has 1 aliphatic heterocycles. The van der Waals surface area contributed by atoms with Crippen LogP contribution in [0.2, 0.25) is 0 Å². The van der Waals surface area contributed by atoms with E-state index in [4.69, 9.17) is 0 Å². The first kappa shape index (κ1) is 14.0. The Labute approximate surface area is 112 Å². The van der Waals surface area contributed by atoms with Crippen molar-refractivity contribution < 1.29 is 4.79 Å². The van der Waals surface area contributed by atoms with Gasteiger partial charge in [-0.3, -0.25) is 0 Å². The number of likely N-dealkylation sites (tertiary alicyclic amines) is 1. The number of carbonyl (C=O) groups excluding carboxylic acids is 1. The standard InChI is InChI=1S/C16H29NO/c1-2-7-15-8-11-17(12-15)13-16(14-18)9-5-3-4-6-10-16/h14-15H,2-13H2,1H3. The van der Waals surface area contributed by atoms with Crippen molar-refractivity contribution in [3.8, 4) is 0 Å². The lowest BCUT2D eigenvalue weighted by Crippen LogP contribution is -2.37. The van der Waals surface area contributed by atoms with Gasteiger partial charge >= 0.3 is 0 Å². The van der Waals surface area contributed by atoms with Gasteiger partial charge in [0.15, 0.2) is 0 Å². The third kappa shape index (κ3) is 3.57. The summed E-state index contributed by atoms with van der Waals surface area (Å²) >= 11 is 0. The molecule has 0 spiro atoms. The molecular formula is C16H29NO. The molecule has 2 rings (SSSR count). The Morgan fingerprint density at radius 2 is 1.94 bits per heavy atom. The zero-order chi connectivity index (χ0) is 12.8. The third-order valence-corrected chi connectivity index (χ3v) is 4.95. The van der Waals surface area contributed by atoms with Crippen LogP contribution in [-0.2, 0) is 4.79 Å². The van der Waals surface area contributed by atoms with E-state index in [2.05, 4.69) is 11.8 Å². The summed E-state index contributed by atoms with van der Waals surface area (Å²) in [7, 11) is 0. The van der Waals surface area contributed by atoms with E-state index < -0.39 is 0 Å². The van der Waals surface area contributed by atoms with E-state index in [9.17, 15) is 4.79 Å². The predicted octanol–water partition coefficient (Wildman–Crippen LogP) is 3.65. The normalized spacial score (nSPS) is 29.1. The van der Waals surface area contributed by atoms with Crippen LogP contribution in [0, 0.1) is 11.3 Å². The highest BCUT2D eigenvalue weighted by atomic mass is 16.1. The molecule has 2 aliphatic rings. The van der Waals surface area contributed by atoms with Crippen molar-refractivity contribution in [2.75, 3.05) is 19.6 Å². The summed E-state index contributed by atoms with van der Waals surface area (Å²) in [6, 6.07) is 0. The first-order chi connectivity index (χ1) is 8.78. The van der Waals surface area contributed by atoms with Crippen molar-refractivity contribution in [1.29, 1.82) is 0 Å². The smallest absolute Gasteiger partial charge is 0.127 e. The Balaban J connectivity index is 1.88. The second-order valence-electron chi connectivity index (χ2n) is 6.57. The van der Waals surface area contributed by atoms with Gasteiger partial charge in [-0.15, -0.1) is 0 Å². The highest BCUT2D eigenvalue weighted by Gasteiger charge is 2.34. The van der Waals surface area contributed by atoms with Crippen LogP contribution >= 0.6 is 0 Å². The number of hydrogen-bond donors (Lipinski definition) is 0. The van der Waals surface area contributed by atoms with Crippen molar-refractivity contribution in [3.63, 3.8) is 0 Å². The Kier molecular flexibility index (Phi) is 5.23. The van der Waals surface area contributed by atoms with Gasteiger partial charge in [0, 0.05) is 18.5 Å². The average Bonchev–Trinajstić information content (AvgIpc) is 2.67. The molecule has 1 atom stereocenters. The maximum atomic E-state index is 11.6. The average molecular weight is 251 g/mol. The largest absolute Gasteiger partial charge is 0.303 e. The second kappa shape index (κ2) is 6.70. The molecule has 0 amide bonds. The van der Waals surface area contributed by atoms with E-state index in [1.54, 1.807) is 0 Å². The Morgan fingerprint density at radius 3 is 2.56 bits per heavy atom. The SMILES string of the molecule is CCCC1CCN(CC2(C=O)CCCCCC2)C1. The fourth-order valence-corrected chi connectivity index (χ4v) is 3.89. The Bertz CT molecular complexity index is 256. The Morgan fingerprint density at radius 1 is 1.22 bits per heavy atom. The van der Waals surface area contributed by atoms with E-state index in [-0.39, 0.29) is 5.41 Å². The number of carbonyl (C=O) groups is 1. The zero-order valence-corrected chi connectivity index (χ0v) is 12.0. The van der Waals surface area contributed by atoms with Gasteiger partial charge < -0.3 is 9.69 Å². The van der Waals surface area contributed by atoms with Crippen molar-refractivity contribution in [1.82, 2.24) is 4.90 Å². The number of rotatable bonds is 5. The van der Waals surface area contributed by atoms with E-state index in [1.165, 1.54) is 64.3 Å². The first-order valence-electron chi connectivity index (χ1n) is 7.97. The minimum absolute atomic E-state index is 0.00238. The van der Waals surface area contributed by atoms with Crippen LogP contribution in [0.5, 0.6) is 0 Å². The molecule has 0 bridgehead atoms. The van der Waals surface area contributed by atoms with Gasteiger partial charge in [0.05, 0.1) is 0 Å². The molecule has 0 N–H and O–H groups in total. The molecular weight excluding hydrogens is 222 g/mol. The molecule has 1 saturated heterocycles. The molecule has 18 heavy (non-hydrogen) atoms. The molecule has 1 heterocycles. The Hall–Kier alpha value is -0.370. The van der Waals surface area contributed by atoms with E-state index in [1.807, 2.05) is 0 Å². The van der Waals surface area contributed by atoms with Gasteiger partial charge in [-0.25, -0.2) is 0 Å². The van der Waals surface area contributed by atoms with Crippen LogP contribution < -0.4 is 0 Å². The maximum absolute atomic E-state index is 11.6. The third-order valence-electron chi connectivity index (χ3n) is 4.95. The molecule has 2 heteroatoms. The van der Waals surface area contributed by atoms with Gasteiger partial charge in [-0.2, -0.15) is 0 Å². The maximum Gasteiger partial charge on any atom is 0.127 e. The molecule has 0 aromatic heterocycles. The molecule has 2 nitrogen and oxygen atoms in total. The minimum atomic E-state index is -0.00238. The number of hydrogen-bond acceptors (Lipinski definition) is 2. The summed E-state index contributed by atoms with van der Waals surface area (Å²) in [5.74, 6) is 0.893. The monoisotopic (exact) mass is 251 g/mol. The molecule has 1 saturated carbocycles. The van der Waals surface area contributed by atoms with Crippen molar-refractivity contribution in [2.45, 2.75) is 64.7 Å². The zero-order valence-electron chi connectivity index (χ0n) is 12.0. The van der Waals surface area contributed by atoms with Gasteiger partial charge in [0.2, 0.25) is 0 Å². The van der Waals surface area contributed by atoms with Crippen molar-refractivity contribution in [2.24, 2.45) is 11.3 Å². The molecule has 104 valence electrons. The lowest BCUT2D eigenvalue weighted by Gasteiger charge is -2.31. The van der Waals surface area contributed by atoms with Gasteiger partial charge in [0.1, 0.15) is 6.29 Å². The molecule has 1 aliphatic carbocycles. The highest BCUT2D eigenvalue weighted by Crippen LogP contribution is 2.35. The van der Waals surface area contributed by atoms with Crippen LogP contribution in [0.25, 0.3) is 0 Å². The van der Waals surface area contributed by atoms with Crippen LogP contribution in [0.1, 0.15) is 64.7 Å². The summed E-state index contributed by atoms with van der Waals surface area (Å²) in [5.41, 5.74) is -0.00238. The lowest BCUT2D eigenvalue weighted by molar-refractivity contribution is -0.118. The van der Waals surface area contributed by atoms with E-state index >= 15 is 0 Å². The summed E-state index contributed by atoms with van der Waals surface area (Å²) in [6.07, 6.45) is 12.7. The van der Waals surface area contributed by atoms with E-state index in [0.717, 1.165) is 25.3 Å². The summed E-state index contributed by atoms with van der Waals surface area (Å²) in [4.78, 5) is 14.2. The van der Waals surface area contributed by atoms with Gasteiger partial charge in [-0.1, -0.05) is 39.0 Å². The summed E-state index contributed by atoms with van der Waals surface area (Å²) < 4.78 is 0. The van der Waals surface area contributed by atoms with Crippen LogP contribution in [0.4, 0.5) is 0 Å². The minimum Gasteiger partial charge on any atom is -0.303 e. The molecule has 1 unspecified atom stereocenters. The van der Waals surface area contributed by atoms with Gasteiger partial charge in [0.25, 0.3) is 0 Å². The fraction of sp³-hybridized carbons (Fsp3) is 0.938. The fourth-order valence-electron chi connectivity index (χ4n) is 3.89. The molecule has 0 aromatic carbocycles. The summed E-state index contributed by atoms with van der Waals surface area (Å²) in [5, 5.41) is 0. The summed E-state index contributed by atoms with van der Waals surface area (Å²) in [6.45, 7) is 5.78. The van der Waals surface area contributed by atoms with Crippen molar-refractivity contribution >= 4 is 6.29 Å². The first-order valence-corrected chi connectivity index (χ1v) is 7.97. The highest BCUT2D eigenvalue weighted by molar-refractivity contribution is 5.59. The molecule has 0 aromatic rings. The number of nitrogens with zero attached hydrogens (tertiary/aromatic N) is 1. The topological polar surface area (TPSA) is 20.3 Å². The predicted molar refractivity (Wildman–Crippen MR) is 75.7 cm³/mol. The molecule has 0 radical (unpaired) electrons. The number of aldehydes is 1. The quantitative estimate of drug-likeness (QED) is 0.549. The van der Waals surface area contributed by atoms with Crippen LogP contribution in [0.3, 0.4) is 0 Å². The van der Waals surface area contributed by atoms with Crippen LogP contribution in [0.15, 0.2) is 0 Å². The van der Waals surface area contributed by atoms with Crippen molar-refractivity contribution in [3.05, 3.63) is 0 Å². The van der Waals surface area contributed by atoms with E-state index in [0.29, 0.717) is 0 Å². The lowest BCUT2D eigenvalue weighted by atomic mass is 9.81. The van der Waals surface area contributed by atoms with Crippen LogP contribution in [-0.4, -0.2) is 30.8 Å². The second-order valence-corrected chi connectivity index (χ2v) is 6.57. The molecule has 2 fully saturated rings. The van der Waals surface area contributed by atoms with Gasteiger partial charge in [-0.05, 0) is 38.1 Å².